The van der Waals surface area contributed by atoms with Crippen LogP contribution in [0.4, 0.5) is 10.2 Å². The second-order valence-corrected chi connectivity index (χ2v) is 4.31. The molecule has 1 aromatic heterocycles. The van der Waals surface area contributed by atoms with E-state index < -0.39 is 11.7 Å². The SMILES string of the molecule is O=C(Nc1ncccc1Br)c1ccc(O)cc1F. The summed E-state index contributed by atoms with van der Waals surface area (Å²) in [6.45, 7) is 0. The predicted molar refractivity (Wildman–Crippen MR) is 68.0 cm³/mol. The van der Waals surface area contributed by atoms with E-state index in [1.807, 2.05) is 0 Å². The first-order valence-corrected chi connectivity index (χ1v) is 5.77. The number of phenolic OH excluding ortho intramolecular Hbond substituents is 1. The molecule has 0 aliphatic carbocycles. The van der Waals surface area contributed by atoms with Crippen molar-refractivity contribution in [1.29, 1.82) is 0 Å². The summed E-state index contributed by atoms with van der Waals surface area (Å²) in [5, 5.41) is 11.5. The van der Waals surface area contributed by atoms with E-state index in [0.717, 1.165) is 6.07 Å². The van der Waals surface area contributed by atoms with Crippen molar-refractivity contribution in [3.05, 3.63) is 52.4 Å². The van der Waals surface area contributed by atoms with Crippen LogP contribution in [0.1, 0.15) is 10.4 Å². The van der Waals surface area contributed by atoms with Crippen LogP contribution in [0.15, 0.2) is 41.0 Å². The normalized spacial score (nSPS) is 10.1. The molecule has 92 valence electrons. The highest BCUT2D eigenvalue weighted by Crippen LogP contribution is 2.20. The van der Waals surface area contributed by atoms with Gasteiger partial charge in [-0.2, -0.15) is 0 Å². The molecule has 0 radical (unpaired) electrons. The number of pyridine rings is 1. The van der Waals surface area contributed by atoms with Crippen molar-refractivity contribution in [3.63, 3.8) is 0 Å². The quantitative estimate of drug-likeness (QED) is 0.896. The van der Waals surface area contributed by atoms with Crippen LogP contribution in [0.3, 0.4) is 0 Å². The van der Waals surface area contributed by atoms with Gasteiger partial charge >= 0.3 is 0 Å². The molecule has 0 saturated heterocycles. The van der Waals surface area contributed by atoms with E-state index in [1.54, 1.807) is 12.1 Å². The van der Waals surface area contributed by atoms with Gasteiger partial charge in [-0.15, -0.1) is 0 Å². The lowest BCUT2D eigenvalue weighted by Crippen LogP contribution is -2.14. The van der Waals surface area contributed by atoms with E-state index in [1.165, 1.54) is 18.3 Å². The zero-order chi connectivity index (χ0) is 13.1. The third kappa shape index (κ3) is 2.65. The number of hydrogen-bond donors (Lipinski definition) is 2. The van der Waals surface area contributed by atoms with E-state index in [0.29, 0.717) is 10.3 Å². The number of anilines is 1. The molecule has 1 heterocycles. The Kier molecular flexibility index (Phi) is 3.57. The monoisotopic (exact) mass is 310 g/mol. The minimum Gasteiger partial charge on any atom is -0.508 e. The lowest BCUT2D eigenvalue weighted by molar-refractivity contribution is 0.102. The minimum absolute atomic E-state index is 0.162. The Balaban J connectivity index is 2.25. The van der Waals surface area contributed by atoms with Crippen molar-refractivity contribution >= 4 is 27.7 Å². The second-order valence-electron chi connectivity index (χ2n) is 3.45. The topological polar surface area (TPSA) is 62.2 Å². The van der Waals surface area contributed by atoms with Gasteiger partial charge in [0.25, 0.3) is 5.91 Å². The Morgan fingerprint density at radius 2 is 2.17 bits per heavy atom. The van der Waals surface area contributed by atoms with Gasteiger partial charge in [-0.1, -0.05) is 0 Å². The lowest BCUT2D eigenvalue weighted by Gasteiger charge is -2.06. The summed E-state index contributed by atoms with van der Waals surface area (Å²) in [6.07, 6.45) is 1.51. The highest BCUT2D eigenvalue weighted by molar-refractivity contribution is 9.10. The number of amides is 1. The summed E-state index contributed by atoms with van der Waals surface area (Å²) >= 11 is 3.22. The fourth-order valence-electron chi connectivity index (χ4n) is 1.34. The standard InChI is InChI=1S/C12H8BrFN2O2/c13-9-2-1-5-15-11(9)16-12(18)8-4-3-7(17)6-10(8)14/h1-6,17H,(H,15,16,18). The Labute approximate surface area is 111 Å². The van der Waals surface area contributed by atoms with Gasteiger partial charge in [0.05, 0.1) is 10.0 Å². The van der Waals surface area contributed by atoms with Gasteiger partial charge in [0, 0.05) is 12.3 Å². The van der Waals surface area contributed by atoms with Crippen molar-refractivity contribution in [2.45, 2.75) is 0 Å². The molecule has 0 unspecified atom stereocenters. The first-order chi connectivity index (χ1) is 8.58. The molecule has 0 aliphatic heterocycles. The summed E-state index contributed by atoms with van der Waals surface area (Å²) in [4.78, 5) is 15.7. The van der Waals surface area contributed by atoms with Gasteiger partial charge in [0.2, 0.25) is 0 Å². The van der Waals surface area contributed by atoms with Crippen molar-refractivity contribution in [3.8, 4) is 5.75 Å². The number of halogens is 2. The molecule has 1 aromatic carbocycles. The molecular formula is C12H8BrFN2O2. The zero-order valence-corrected chi connectivity index (χ0v) is 10.6. The second kappa shape index (κ2) is 5.14. The Hall–Kier alpha value is -1.95. The largest absolute Gasteiger partial charge is 0.508 e. The van der Waals surface area contributed by atoms with E-state index in [2.05, 4.69) is 26.2 Å². The Bertz CT molecular complexity index is 604. The maximum atomic E-state index is 13.5. The van der Waals surface area contributed by atoms with Crippen molar-refractivity contribution < 1.29 is 14.3 Å². The van der Waals surface area contributed by atoms with Crippen LogP contribution in [0.25, 0.3) is 0 Å². The molecule has 2 rings (SSSR count). The molecule has 0 fully saturated rings. The van der Waals surface area contributed by atoms with Crippen LogP contribution < -0.4 is 5.32 Å². The van der Waals surface area contributed by atoms with Gasteiger partial charge in [0.15, 0.2) is 0 Å². The molecule has 1 amide bonds. The van der Waals surface area contributed by atoms with Gasteiger partial charge in [-0.05, 0) is 40.2 Å². The molecule has 0 aliphatic rings. The summed E-state index contributed by atoms with van der Waals surface area (Å²) in [6, 6.07) is 6.72. The Morgan fingerprint density at radius 3 is 2.83 bits per heavy atom. The van der Waals surface area contributed by atoms with Gasteiger partial charge < -0.3 is 10.4 Å². The smallest absolute Gasteiger partial charge is 0.259 e. The van der Waals surface area contributed by atoms with Crippen LogP contribution in [-0.4, -0.2) is 16.0 Å². The van der Waals surface area contributed by atoms with E-state index in [9.17, 15) is 9.18 Å². The van der Waals surface area contributed by atoms with Crippen molar-refractivity contribution in [2.24, 2.45) is 0 Å². The molecule has 0 atom stereocenters. The minimum atomic E-state index is -0.792. The number of rotatable bonds is 2. The first kappa shape index (κ1) is 12.5. The summed E-state index contributed by atoms with van der Waals surface area (Å²) in [5.41, 5.74) is -0.162. The molecule has 6 heteroatoms. The van der Waals surface area contributed by atoms with Crippen LogP contribution in [0, 0.1) is 5.82 Å². The molecular weight excluding hydrogens is 303 g/mol. The molecule has 0 bridgehead atoms. The van der Waals surface area contributed by atoms with Crippen LogP contribution in [0.5, 0.6) is 5.75 Å². The van der Waals surface area contributed by atoms with E-state index in [4.69, 9.17) is 5.11 Å². The number of aromatic hydroxyl groups is 1. The summed E-state index contributed by atoms with van der Waals surface area (Å²) < 4.78 is 14.0. The molecule has 18 heavy (non-hydrogen) atoms. The number of carbonyl (C=O) groups is 1. The fraction of sp³-hybridized carbons (Fsp3) is 0. The zero-order valence-electron chi connectivity index (χ0n) is 9.02. The highest BCUT2D eigenvalue weighted by atomic mass is 79.9. The van der Waals surface area contributed by atoms with E-state index in [-0.39, 0.29) is 11.3 Å². The molecule has 2 N–H and O–H groups in total. The maximum absolute atomic E-state index is 13.5. The number of nitrogens with zero attached hydrogens (tertiary/aromatic N) is 1. The van der Waals surface area contributed by atoms with Crippen LogP contribution in [-0.2, 0) is 0 Å². The maximum Gasteiger partial charge on any atom is 0.259 e. The number of phenols is 1. The average Bonchev–Trinajstić information content (AvgIpc) is 2.32. The first-order valence-electron chi connectivity index (χ1n) is 4.98. The third-order valence-corrected chi connectivity index (χ3v) is 2.83. The number of benzene rings is 1. The van der Waals surface area contributed by atoms with Gasteiger partial charge in [-0.25, -0.2) is 9.37 Å². The molecule has 0 saturated carbocycles. The number of aromatic nitrogens is 1. The number of hydrogen-bond acceptors (Lipinski definition) is 3. The van der Waals surface area contributed by atoms with Crippen LogP contribution in [0.2, 0.25) is 0 Å². The number of nitrogens with one attached hydrogen (secondary N) is 1. The van der Waals surface area contributed by atoms with Gasteiger partial charge in [-0.3, -0.25) is 4.79 Å². The summed E-state index contributed by atoms with van der Waals surface area (Å²) in [7, 11) is 0. The lowest BCUT2D eigenvalue weighted by atomic mass is 10.2. The summed E-state index contributed by atoms with van der Waals surface area (Å²) in [5.74, 6) is -1.36. The Morgan fingerprint density at radius 1 is 1.39 bits per heavy atom. The molecule has 4 nitrogen and oxygen atoms in total. The van der Waals surface area contributed by atoms with Gasteiger partial charge in [0.1, 0.15) is 17.4 Å². The van der Waals surface area contributed by atoms with Crippen molar-refractivity contribution in [1.82, 2.24) is 4.98 Å². The number of carbonyl (C=O) groups excluding carboxylic acids is 1. The molecule has 2 aromatic rings. The van der Waals surface area contributed by atoms with Crippen molar-refractivity contribution in [2.75, 3.05) is 5.32 Å². The fourth-order valence-corrected chi connectivity index (χ4v) is 1.69. The molecule has 0 spiro atoms. The highest BCUT2D eigenvalue weighted by Gasteiger charge is 2.13. The van der Waals surface area contributed by atoms with Crippen LogP contribution >= 0.6 is 15.9 Å². The predicted octanol–water partition coefficient (Wildman–Crippen LogP) is 2.94. The van der Waals surface area contributed by atoms with E-state index >= 15 is 0 Å². The third-order valence-electron chi connectivity index (χ3n) is 2.19. The average molecular weight is 311 g/mol.